The summed E-state index contributed by atoms with van der Waals surface area (Å²) in [5, 5.41) is 11.2. The molecule has 2 rings (SSSR count). The van der Waals surface area contributed by atoms with Crippen LogP contribution in [0.2, 0.25) is 0 Å². The molecule has 0 aliphatic carbocycles. The van der Waals surface area contributed by atoms with Gasteiger partial charge in [0.2, 0.25) is 0 Å². The first kappa shape index (κ1) is 10.5. The molecule has 0 unspecified atom stereocenters. The van der Waals surface area contributed by atoms with Crippen LogP contribution in [0.1, 0.15) is 11.9 Å². The average molecular weight is 308 g/mol. The lowest BCUT2D eigenvalue weighted by atomic mass is 10.5. The Morgan fingerprint density at radius 3 is 2.86 bits per heavy atom. The van der Waals surface area contributed by atoms with Crippen molar-refractivity contribution in [3.63, 3.8) is 0 Å². The van der Waals surface area contributed by atoms with Crippen molar-refractivity contribution >= 4 is 50.4 Å². The molecule has 0 atom stereocenters. The monoisotopic (exact) mass is 307 g/mol. The van der Waals surface area contributed by atoms with E-state index in [0.29, 0.717) is 0 Å². The van der Waals surface area contributed by atoms with Crippen molar-refractivity contribution in [3.05, 3.63) is 15.0 Å². The van der Waals surface area contributed by atoms with Gasteiger partial charge in [-0.1, -0.05) is 18.3 Å². The normalized spacial score (nSPS) is 10.7. The maximum Gasteiger partial charge on any atom is 0.181 e. The van der Waals surface area contributed by atoms with E-state index in [1.165, 1.54) is 0 Å². The summed E-state index contributed by atoms with van der Waals surface area (Å²) in [5.74, 6) is 0. The molecule has 14 heavy (non-hydrogen) atoms. The van der Waals surface area contributed by atoms with Crippen LogP contribution >= 0.6 is 50.4 Å². The number of nitrogens with zero attached hydrogens (tertiary/aromatic N) is 3. The Morgan fingerprint density at radius 1 is 1.43 bits per heavy atom. The first-order chi connectivity index (χ1) is 6.78. The Kier molecular flexibility index (Phi) is 3.53. The quantitative estimate of drug-likeness (QED) is 0.870. The number of aromatic nitrogens is 3. The summed E-state index contributed by atoms with van der Waals surface area (Å²) in [6.45, 7) is 2.08. The molecule has 0 bridgehead atoms. The first-order valence-corrected chi connectivity index (χ1v) is 7.19. The van der Waals surface area contributed by atoms with Crippen molar-refractivity contribution in [1.82, 2.24) is 15.2 Å². The summed E-state index contributed by atoms with van der Waals surface area (Å²) < 4.78 is 2.84. The van der Waals surface area contributed by atoms with Crippen molar-refractivity contribution in [2.45, 2.75) is 22.0 Å². The van der Waals surface area contributed by atoms with E-state index < -0.39 is 0 Å². The predicted octanol–water partition coefficient (Wildman–Crippen LogP) is 3.47. The van der Waals surface area contributed by atoms with Gasteiger partial charge in [0, 0.05) is 5.38 Å². The zero-order chi connectivity index (χ0) is 9.97. The summed E-state index contributed by atoms with van der Waals surface area (Å²) in [6.07, 6.45) is 0.944. The zero-order valence-corrected chi connectivity index (χ0v) is 11.3. The van der Waals surface area contributed by atoms with Gasteiger partial charge in [0.1, 0.15) is 9.61 Å². The maximum atomic E-state index is 4.28. The molecule has 7 heteroatoms. The molecule has 0 fully saturated rings. The Bertz CT molecular complexity index is 425. The average Bonchev–Trinajstić information content (AvgIpc) is 2.76. The standard InChI is InChI=1S/C7H6BrN3S3/c1-2-5-10-11-7(13-5)14-6-9-4(8)3-12-6/h3H,2H2,1H3. The van der Waals surface area contributed by atoms with E-state index in [4.69, 9.17) is 0 Å². The second kappa shape index (κ2) is 4.69. The topological polar surface area (TPSA) is 38.7 Å². The molecule has 2 aromatic heterocycles. The number of thiazole rings is 1. The van der Waals surface area contributed by atoms with Crippen LogP contribution in [0.25, 0.3) is 0 Å². The van der Waals surface area contributed by atoms with Gasteiger partial charge in [-0.2, -0.15) is 0 Å². The van der Waals surface area contributed by atoms with Gasteiger partial charge in [0.15, 0.2) is 8.68 Å². The summed E-state index contributed by atoms with van der Waals surface area (Å²) >= 11 is 8.12. The summed E-state index contributed by atoms with van der Waals surface area (Å²) in [6, 6.07) is 0. The molecule has 0 saturated heterocycles. The highest BCUT2D eigenvalue weighted by Crippen LogP contribution is 2.33. The molecule has 0 spiro atoms. The highest BCUT2D eigenvalue weighted by atomic mass is 79.9. The van der Waals surface area contributed by atoms with Crippen molar-refractivity contribution in [2.75, 3.05) is 0 Å². The van der Waals surface area contributed by atoms with Crippen LogP contribution in [-0.4, -0.2) is 15.2 Å². The Morgan fingerprint density at radius 2 is 2.29 bits per heavy atom. The summed E-state index contributed by atoms with van der Waals surface area (Å²) in [7, 11) is 0. The number of rotatable bonds is 3. The number of halogens is 1. The second-order valence-electron chi connectivity index (χ2n) is 2.35. The molecule has 0 saturated carbocycles. The van der Waals surface area contributed by atoms with Crippen molar-refractivity contribution in [3.8, 4) is 0 Å². The number of aryl methyl sites for hydroxylation is 1. The number of hydrogen-bond acceptors (Lipinski definition) is 6. The minimum absolute atomic E-state index is 0.880. The molecule has 0 N–H and O–H groups in total. The highest BCUT2D eigenvalue weighted by molar-refractivity contribution is 9.10. The number of hydrogen-bond donors (Lipinski definition) is 0. The molecule has 0 aliphatic rings. The van der Waals surface area contributed by atoms with E-state index in [1.807, 2.05) is 5.38 Å². The van der Waals surface area contributed by atoms with Crippen LogP contribution in [0.3, 0.4) is 0 Å². The van der Waals surface area contributed by atoms with Gasteiger partial charge >= 0.3 is 0 Å². The predicted molar refractivity (Wildman–Crippen MR) is 63.2 cm³/mol. The molecule has 0 aromatic carbocycles. The minimum Gasteiger partial charge on any atom is -0.222 e. The lowest BCUT2D eigenvalue weighted by Crippen LogP contribution is -1.75. The van der Waals surface area contributed by atoms with Crippen molar-refractivity contribution in [2.24, 2.45) is 0 Å². The first-order valence-electron chi connectivity index (χ1n) is 3.89. The lowest BCUT2D eigenvalue weighted by molar-refractivity contribution is 0.943. The van der Waals surface area contributed by atoms with Crippen LogP contribution in [0.4, 0.5) is 0 Å². The highest BCUT2D eigenvalue weighted by Gasteiger charge is 2.07. The van der Waals surface area contributed by atoms with E-state index in [1.54, 1.807) is 34.4 Å². The zero-order valence-electron chi connectivity index (χ0n) is 7.23. The molecule has 2 heterocycles. The summed E-state index contributed by atoms with van der Waals surface area (Å²) in [4.78, 5) is 4.28. The van der Waals surface area contributed by atoms with Gasteiger partial charge < -0.3 is 0 Å². The van der Waals surface area contributed by atoms with E-state index in [2.05, 4.69) is 38.0 Å². The molecule has 3 nitrogen and oxygen atoms in total. The van der Waals surface area contributed by atoms with E-state index in [0.717, 1.165) is 24.7 Å². The second-order valence-corrected chi connectivity index (χ2v) is 6.58. The van der Waals surface area contributed by atoms with Gasteiger partial charge in [-0.05, 0) is 34.1 Å². The summed E-state index contributed by atoms with van der Waals surface area (Å²) in [5.41, 5.74) is 0. The molecule has 0 aliphatic heterocycles. The SMILES string of the molecule is CCc1nnc(Sc2nc(Br)cs2)s1. The van der Waals surface area contributed by atoms with E-state index >= 15 is 0 Å². The van der Waals surface area contributed by atoms with Crippen LogP contribution in [0, 0.1) is 0 Å². The largest absolute Gasteiger partial charge is 0.222 e. The van der Waals surface area contributed by atoms with Crippen LogP contribution in [0.5, 0.6) is 0 Å². The smallest absolute Gasteiger partial charge is 0.181 e. The Hall–Kier alpha value is 0.0200. The fraction of sp³-hybridized carbons (Fsp3) is 0.286. The van der Waals surface area contributed by atoms with Crippen molar-refractivity contribution < 1.29 is 0 Å². The fourth-order valence-electron chi connectivity index (χ4n) is 0.783. The third kappa shape index (κ3) is 2.53. The fourth-order valence-corrected chi connectivity index (χ4v) is 4.19. The van der Waals surface area contributed by atoms with E-state index in [9.17, 15) is 0 Å². The van der Waals surface area contributed by atoms with Gasteiger partial charge in [0.25, 0.3) is 0 Å². The Labute approximate surface area is 102 Å². The van der Waals surface area contributed by atoms with Crippen LogP contribution in [-0.2, 0) is 6.42 Å². The van der Waals surface area contributed by atoms with Crippen LogP contribution < -0.4 is 0 Å². The Balaban J connectivity index is 2.10. The molecule has 2 aromatic rings. The third-order valence-electron chi connectivity index (χ3n) is 1.38. The maximum absolute atomic E-state index is 4.28. The van der Waals surface area contributed by atoms with Gasteiger partial charge in [-0.15, -0.1) is 21.5 Å². The molecule has 0 amide bonds. The lowest BCUT2D eigenvalue weighted by Gasteiger charge is -1.86. The van der Waals surface area contributed by atoms with E-state index in [-0.39, 0.29) is 0 Å². The molecular weight excluding hydrogens is 302 g/mol. The molecule has 74 valence electrons. The van der Waals surface area contributed by atoms with Gasteiger partial charge in [-0.25, -0.2) is 4.98 Å². The van der Waals surface area contributed by atoms with Crippen LogP contribution in [0.15, 0.2) is 18.7 Å². The van der Waals surface area contributed by atoms with Gasteiger partial charge in [0.05, 0.1) is 0 Å². The third-order valence-corrected chi connectivity index (χ3v) is 5.15. The minimum atomic E-state index is 0.880. The van der Waals surface area contributed by atoms with Crippen molar-refractivity contribution in [1.29, 1.82) is 0 Å². The molecule has 0 radical (unpaired) electrons. The molecular formula is C7H6BrN3S3. The van der Waals surface area contributed by atoms with Gasteiger partial charge in [-0.3, -0.25) is 0 Å².